The number of hydrogen-bond donors (Lipinski definition) is 1. The van der Waals surface area contributed by atoms with Gasteiger partial charge in [-0.05, 0) is 12.1 Å². The van der Waals surface area contributed by atoms with Crippen molar-refractivity contribution in [3.63, 3.8) is 0 Å². The molecule has 146 valence electrons. The Labute approximate surface area is 150 Å². The zero-order chi connectivity index (χ0) is 18.8. The largest absolute Gasteiger partial charge is 0.382 e. The average molecular weight is 379 g/mol. The summed E-state index contributed by atoms with van der Waals surface area (Å²) in [6.45, 7) is 3.63. The van der Waals surface area contributed by atoms with E-state index in [0.717, 1.165) is 0 Å². The van der Waals surface area contributed by atoms with Gasteiger partial charge in [0, 0.05) is 20.8 Å². The van der Waals surface area contributed by atoms with Gasteiger partial charge in [-0.25, -0.2) is 0 Å². The smallest absolute Gasteiger partial charge is 0.297 e. The summed E-state index contributed by atoms with van der Waals surface area (Å²) in [6, 6.07) is 8.01. The molecule has 1 aromatic carbocycles. The van der Waals surface area contributed by atoms with Crippen LogP contribution in [0, 0.1) is 0 Å². The molecule has 0 spiro atoms. The van der Waals surface area contributed by atoms with Crippen molar-refractivity contribution >= 4 is 10.1 Å². The van der Waals surface area contributed by atoms with Crippen molar-refractivity contribution in [2.45, 2.75) is 4.90 Å². The second-order valence-corrected chi connectivity index (χ2v) is 6.20. The van der Waals surface area contributed by atoms with Gasteiger partial charge >= 0.3 is 0 Å². The molecule has 1 aromatic rings. The molecule has 0 atom stereocenters. The van der Waals surface area contributed by atoms with E-state index in [2.05, 4.69) is 0 Å². The first-order chi connectivity index (χ1) is 12.1. The summed E-state index contributed by atoms with van der Waals surface area (Å²) < 4.78 is 47.6. The van der Waals surface area contributed by atoms with Crippen LogP contribution in [-0.2, 0) is 33.2 Å². The van der Waals surface area contributed by atoms with Crippen LogP contribution in [0.1, 0.15) is 0 Å². The predicted molar refractivity (Wildman–Crippen MR) is 94.0 cm³/mol. The minimum absolute atomic E-state index is 0.000934. The van der Waals surface area contributed by atoms with Crippen LogP contribution in [0.4, 0.5) is 0 Å². The molecule has 0 aliphatic rings. The third kappa shape index (κ3) is 13.9. The van der Waals surface area contributed by atoms with Crippen LogP contribution < -0.4 is 5.73 Å². The highest BCUT2D eigenvalue weighted by Gasteiger charge is 2.13. The van der Waals surface area contributed by atoms with Crippen molar-refractivity contribution in [2.24, 2.45) is 5.73 Å². The summed E-state index contributed by atoms with van der Waals surface area (Å²) in [4.78, 5) is 0.150. The zero-order valence-corrected chi connectivity index (χ0v) is 15.7. The first kappa shape index (κ1) is 23.9. The minimum atomic E-state index is -3.66. The van der Waals surface area contributed by atoms with Gasteiger partial charge in [0.15, 0.2) is 0 Å². The molecule has 8 nitrogen and oxygen atoms in total. The SMILES string of the molecule is COCCOCCN.COCCOCCOS(=O)(=O)c1ccccc1. The van der Waals surface area contributed by atoms with Crippen LogP contribution in [-0.4, -0.2) is 75.4 Å². The van der Waals surface area contributed by atoms with Crippen molar-refractivity contribution in [1.29, 1.82) is 0 Å². The molecule has 2 N–H and O–H groups in total. The standard InChI is InChI=1S/C11H16O5S.C5H13NO2/c1-14-7-8-15-9-10-16-17(12,13)11-5-3-2-4-6-11;1-7-4-5-8-3-2-6/h2-6H,7-10H2,1H3;2-6H2,1H3. The molecule has 0 aliphatic carbocycles. The molecule has 0 aromatic heterocycles. The maximum Gasteiger partial charge on any atom is 0.297 e. The lowest BCUT2D eigenvalue weighted by atomic mass is 10.4. The third-order valence-electron chi connectivity index (χ3n) is 2.62. The van der Waals surface area contributed by atoms with Gasteiger partial charge in [0.1, 0.15) is 0 Å². The van der Waals surface area contributed by atoms with Gasteiger partial charge in [-0.3, -0.25) is 4.18 Å². The van der Waals surface area contributed by atoms with Crippen molar-refractivity contribution in [3.05, 3.63) is 30.3 Å². The van der Waals surface area contributed by atoms with E-state index in [-0.39, 0.29) is 18.1 Å². The number of benzene rings is 1. The van der Waals surface area contributed by atoms with Crippen molar-refractivity contribution in [1.82, 2.24) is 0 Å². The fourth-order valence-corrected chi connectivity index (χ4v) is 2.34. The van der Waals surface area contributed by atoms with E-state index in [0.29, 0.717) is 39.6 Å². The maximum atomic E-state index is 11.6. The maximum absolute atomic E-state index is 11.6. The fraction of sp³-hybridized carbons (Fsp3) is 0.625. The van der Waals surface area contributed by atoms with E-state index < -0.39 is 10.1 Å². The number of methoxy groups -OCH3 is 2. The molecule has 0 saturated heterocycles. The van der Waals surface area contributed by atoms with E-state index in [1.54, 1.807) is 32.4 Å². The monoisotopic (exact) mass is 379 g/mol. The Morgan fingerprint density at radius 1 is 0.800 bits per heavy atom. The molecule has 1 rings (SSSR count). The fourth-order valence-electron chi connectivity index (χ4n) is 1.43. The molecule has 0 heterocycles. The lowest BCUT2D eigenvalue weighted by Gasteiger charge is -2.06. The van der Waals surface area contributed by atoms with Gasteiger partial charge in [0.25, 0.3) is 10.1 Å². The van der Waals surface area contributed by atoms with E-state index >= 15 is 0 Å². The van der Waals surface area contributed by atoms with Crippen LogP contribution in [0.3, 0.4) is 0 Å². The Morgan fingerprint density at radius 3 is 1.84 bits per heavy atom. The van der Waals surface area contributed by atoms with E-state index in [1.165, 1.54) is 12.1 Å². The topological polar surface area (TPSA) is 106 Å². The Balaban J connectivity index is 0.000000609. The van der Waals surface area contributed by atoms with Gasteiger partial charge < -0.3 is 24.7 Å². The number of hydrogen-bond acceptors (Lipinski definition) is 8. The third-order valence-corrected chi connectivity index (χ3v) is 3.95. The summed E-state index contributed by atoms with van der Waals surface area (Å²) in [5.41, 5.74) is 5.14. The van der Waals surface area contributed by atoms with Crippen LogP contribution in [0.5, 0.6) is 0 Å². The molecular weight excluding hydrogens is 350 g/mol. The molecule has 9 heteroatoms. The van der Waals surface area contributed by atoms with Gasteiger partial charge in [0.05, 0.1) is 51.1 Å². The molecule has 0 unspecified atom stereocenters. The molecular formula is C16H29NO7S. The van der Waals surface area contributed by atoms with Crippen LogP contribution in [0.25, 0.3) is 0 Å². The number of ether oxygens (including phenoxy) is 4. The molecule has 0 bridgehead atoms. The average Bonchev–Trinajstić information content (AvgIpc) is 2.63. The quantitative estimate of drug-likeness (QED) is 0.394. The van der Waals surface area contributed by atoms with E-state index in [9.17, 15) is 8.42 Å². The first-order valence-electron chi connectivity index (χ1n) is 7.86. The molecule has 0 radical (unpaired) electrons. The summed E-state index contributed by atoms with van der Waals surface area (Å²) in [7, 11) is -0.450. The summed E-state index contributed by atoms with van der Waals surface area (Å²) in [5.74, 6) is 0. The van der Waals surface area contributed by atoms with Gasteiger partial charge in [-0.1, -0.05) is 18.2 Å². The predicted octanol–water partition coefficient (Wildman–Crippen LogP) is 0.663. The first-order valence-corrected chi connectivity index (χ1v) is 9.27. The highest BCUT2D eigenvalue weighted by Crippen LogP contribution is 2.10. The van der Waals surface area contributed by atoms with Gasteiger partial charge in [-0.15, -0.1) is 0 Å². The number of rotatable bonds is 13. The van der Waals surface area contributed by atoms with Gasteiger partial charge in [-0.2, -0.15) is 8.42 Å². The highest BCUT2D eigenvalue weighted by atomic mass is 32.2. The Morgan fingerprint density at radius 2 is 1.32 bits per heavy atom. The lowest BCUT2D eigenvalue weighted by Crippen LogP contribution is -2.13. The van der Waals surface area contributed by atoms with Crippen molar-refractivity contribution in [2.75, 3.05) is 67.0 Å². The zero-order valence-electron chi connectivity index (χ0n) is 14.9. The molecule has 25 heavy (non-hydrogen) atoms. The second kappa shape index (κ2) is 16.4. The van der Waals surface area contributed by atoms with Crippen LogP contribution in [0.15, 0.2) is 35.2 Å². The lowest BCUT2D eigenvalue weighted by molar-refractivity contribution is 0.0554. The molecule has 0 fully saturated rings. The summed E-state index contributed by atoms with van der Waals surface area (Å²) in [5, 5.41) is 0. The normalized spacial score (nSPS) is 11.0. The van der Waals surface area contributed by atoms with E-state index in [4.69, 9.17) is 28.9 Å². The van der Waals surface area contributed by atoms with Crippen molar-refractivity contribution in [3.8, 4) is 0 Å². The number of nitrogens with two attached hydrogens (primary N) is 1. The van der Waals surface area contributed by atoms with Crippen molar-refractivity contribution < 1.29 is 31.5 Å². The Kier molecular flexibility index (Phi) is 15.7. The second-order valence-electron chi connectivity index (χ2n) is 4.59. The highest BCUT2D eigenvalue weighted by molar-refractivity contribution is 7.86. The Hall–Kier alpha value is -1.07. The summed E-state index contributed by atoms with van der Waals surface area (Å²) in [6.07, 6.45) is 0. The molecule has 0 amide bonds. The molecule has 0 saturated carbocycles. The van der Waals surface area contributed by atoms with Crippen LogP contribution >= 0.6 is 0 Å². The Bertz CT molecular complexity index is 490. The summed E-state index contributed by atoms with van der Waals surface area (Å²) >= 11 is 0. The molecule has 0 aliphatic heterocycles. The minimum Gasteiger partial charge on any atom is -0.382 e. The van der Waals surface area contributed by atoms with E-state index in [1.807, 2.05) is 0 Å². The van der Waals surface area contributed by atoms with Crippen LogP contribution in [0.2, 0.25) is 0 Å². The van der Waals surface area contributed by atoms with Gasteiger partial charge in [0.2, 0.25) is 0 Å².